The number of carbonyl (C=O) groups is 1. The van der Waals surface area contributed by atoms with Crippen molar-refractivity contribution < 1.29 is 22.4 Å². The number of alkyl halides is 3. The minimum Gasteiger partial charge on any atom is -0.380 e. The summed E-state index contributed by atoms with van der Waals surface area (Å²) < 4.78 is 54.1. The molecule has 31 heavy (non-hydrogen) atoms. The SMILES string of the molecule is O=C(c1cnc2ccc(F)cc2c1NCc1ccccc1C(F)(F)F)N1CCCCC1. The molecule has 1 aromatic heterocycles. The highest BCUT2D eigenvalue weighted by molar-refractivity contribution is 6.07. The Morgan fingerprint density at radius 3 is 2.55 bits per heavy atom. The number of anilines is 1. The maximum Gasteiger partial charge on any atom is 0.416 e. The summed E-state index contributed by atoms with van der Waals surface area (Å²) in [5, 5.41) is 3.33. The molecule has 0 aliphatic carbocycles. The number of fused-ring (bicyclic) bond motifs is 1. The van der Waals surface area contributed by atoms with Gasteiger partial charge in [0.25, 0.3) is 5.91 Å². The van der Waals surface area contributed by atoms with Gasteiger partial charge in [-0.1, -0.05) is 18.2 Å². The third-order valence-electron chi connectivity index (χ3n) is 5.48. The van der Waals surface area contributed by atoms with E-state index in [-0.39, 0.29) is 29.3 Å². The molecule has 8 heteroatoms. The quantitative estimate of drug-likeness (QED) is 0.545. The van der Waals surface area contributed by atoms with Crippen LogP contribution in [0.2, 0.25) is 0 Å². The van der Waals surface area contributed by atoms with Crippen molar-refractivity contribution in [1.82, 2.24) is 9.88 Å². The third kappa shape index (κ3) is 4.47. The number of carbonyl (C=O) groups excluding carboxylic acids is 1. The Morgan fingerprint density at radius 1 is 1.06 bits per heavy atom. The van der Waals surface area contributed by atoms with E-state index in [4.69, 9.17) is 0 Å². The molecule has 162 valence electrons. The average Bonchev–Trinajstić information content (AvgIpc) is 2.77. The van der Waals surface area contributed by atoms with Gasteiger partial charge in [-0.15, -0.1) is 0 Å². The molecular formula is C23H21F4N3O. The molecule has 0 atom stereocenters. The van der Waals surface area contributed by atoms with Gasteiger partial charge < -0.3 is 10.2 Å². The standard InChI is InChI=1S/C23H21F4N3O/c24-16-8-9-20-17(12-16)21(18(14-28-20)22(31)30-10-4-1-5-11-30)29-13-15-6-2-3-7-19(15)23(25,26)27/h2-3,6-9,12,14H,1,4-5,10-11,13H2,(H,28,29). The predicted octanol–water partition coefficient (Wildman–Crippen LogP) is 5.63. The van der Waals surface area contributed by atoms with Crippen molar-refractivity contribution in [2.45, 2.75) is 32.0 Å². The number of halogens is 4. The number of hydrogen-bond donors (Lipinski definition) is 1. The molecule has 1 amide bonds. The highest BCUT2D eigenvalue weighted by Gasteiger charge is 2.33. The van der Waals surface area contributed by atoms with E-state index in [1.165, 1.54) is 42.6 Å². The van der Waals surface area contributed by atoms with Crippen molar-refractivity contribution >= 4 is 22.5 Å². The van der Waals surface area contributed by atoms with Crippen molar-refractivity contribution in [1.29, 1.82) is 0 Å². The molecule has 0 bridgehead atoms. The Labute approximate surface area is 176 Å². The fourth-order valence-corrected chi connectivity index (χ4v) is 3.92. The minimum absolute atomic E-state index is 0.0349. The van der Waals surface area contributed by atoms with Crippen LogP contribution in [0.3, 0.4) is 0 Å². The largest absolute Gasteiger partial charge is 0.416 e. The summed E-state index contributed by atoms with van der Waals surface area (Å²) in [6.07, 6.45) is -0.261. The first-order chi connectivity index (χ1) is 14.8. The van der Waals surface area contributed by atoms with Gasteiger partial charge in [0.15, 0.2) is 0 Å². The van der Waals surface area contributed by atoms with E-state index in [2.05, 4.69) is 10.3 Å². The first-order valence-corrected chi connectivity index (χ1v) is 10.1. The fourth-order valence-electron chi connectivity index (χ4n) is 3.92. The van der Waals surface area contributed by atoms with Crippen LogP contribution in [-0.4, -0.2) is 28.9 Å². The van der Waals surface area contributed by atoms with Crippen LogP contribution >= 0.6 is 0 Å². The van der Waals surface area contributed by atoms with Gasteiger partial charge in [-0.25, -0.2) is 4.39 Å². The summed E-state index contributed by atoms with van der Waals surface area (Å²) >= 11 is 0. The number of likely N-dealkylation sites (tertiary alicyclic amines) is 1. The van der Waals surface area contributed by atoms with Crippen LogP contribution in [0.1, 0.15) is 40.7 Å². The van der Waals surface area contributed by atoms with E-state index in [1.54, 1.807) is 4.90 Å². The van der Waals surface area contributed by atoms with Crippen molar-refractivity contribution in [3.63, 3.8) is 0 Å². The minimum atomic E-state index is -4.50. The van der Waals surface area contributed by atoms with Gasteiger partial charge in [0.05, 0.1) is 22.3 Å². The second-order valence-corrected chi connectivity index (χ2v) is 7.57. The van der Waals surface area contributed by atoms with Gasteiger partial charge in [-0.2, -0.15) is 13.2 Å². The molecule has 4 rings (SSSR count). The lowest BCUT2D eigenvalue weighted by Gasteiger charge is -2.28. The van der Waals surface area contributed by atoms with Crippen LogP contribution in [0.5, 0.6) is 0 Å². The molecule has 1 aliphatic heterocycles. The molecule has 2 heterocycles. The predicted molar refractivity (Wildman–Crippen MR) is 110 cm³/mol. The Morgan fingerprint density at radius 2 is 1.81 bits per heavy atom. The van der Waals surface area contributed by atoms with E-state index in [0.29, 0.717) is 24.0 Å². The monoisotopic (exact) mass is 431 g/mol. The van der Waals surface area contributed by atoms with E-state index in [0.717, 1.165) is 25.3 Å². The zero-order valence-corrected chi connectivity index (χ0v) is 16.7. The molecule has 0 unspecified atom stereocenters. The number of nitrogens with zero attached hydrogens (tertiary/aromatic N) is 2. The highest BCUT2D eigenvalue weighted by Crippen LogP contribution is 2.33. The van der Waals surface area contributed by atoms with Crippen molar-refractivity contribution in [3.8, 4) is 0 Å². The van der Waals surface area contributed by atoms with Crippen molar-refractivity contribution in [2.24, 2.45) is 0 Å². The van der Waals surface area contributed by atoms with Crippen molar-refractivity contribution in [2.75, 3.05) is 18.4 Å². The molecule has 1 N–H and O–H groups in total. The molecule has 1 fully saturated rings. The lowest BCUT2D eigenvalue weighted by Crippen LogP contribution is -2.36. The summed E-state index contributed by atoms with van der Waals surface area (Å²) in [6.45, 7) is 1.04. The number of nitrogens with one attached hydrogen (secondary N) is 1. The molecule has 0 radical (unpaired) electrons. The summed E-state index contributed by atoms with van der Waals surface area (Å²) in [5.74, 6) is -0.777. The van der Waals surface area contributed by atoms with Crippen LogP contribution in [-0.2, 0) is 12.7 Å². The lowest BCUT2D eigenvalue weighted by molar-refractivity contribution is -0.138. The highest BCUT2D eigenvalue weighted by atomic mass is 19.4. The van der Waals surface area contributed by atoms with Gasteiger partial charge >= 0.3 is 6.18 Å². The first kappa shape index (κ1) is 21.1. The second-order valence-electron chi connectivity index (χ2n) is 7.57. The molecular weight excluding hydrogens is 410 g/mol. The van der Waals surface area contributed by atoms with Gasteiger partial charge in [-0.3, -0.25) is 9.78 Å². The number of piperidine rings is 1. The molecule has 2 aromatic carbocycles. The van der Waals surface area contributed by atoms with Crippen LogP contribution in [0.25, 0.3) is 10.9 Å². The number of benzene rings is 2. The summed E-state index contributed by atoms with van der Waals surface area (Å²) in [7, 11) is 0. The molecule has 1 aliphatic rings. The Bertz CT molecular complexity index is 1110. The van der Waals surface area contributed by atoms with Crippen LogP contribution in [0, 0.1) is 5.82 Å². The molecule has 3 aromatic rings. The Hall–Kier alpha value is -3.16. The van der Waals surface area contributed by atoms with Gasteiger partial charge in [-0.05, 0) is 49.1 Å². The van der Waals surface area contributed by atoms with Crippen LogP contribution < -0.4 is 5.32 Å². The van der Waals surface area contributed by atoms with Gasteiger partial charge in [0, 0.05) is 31.2 Å². The smallest absolute Gasteiger partial charge is 0.380 e. The number of hydrogen-bond acceptors (Lipinski definition) is 3. The Kier molecular flexibility index (Phi) is 5.80. The second kappa shape index (κ2) is 8.53. The number of pyridine rings is 1. The first-order valence-electron chi connectivity index (χ1n) is 10.1. The summed E-state index contributed by atoms with van der Waals surface area (Å²) in [4.78, 5) is 19.1. The molecule has 0 saturated carbocycles. The van der Waals surface area contributed by atoms with E-state index in [1.807, 2.05) is 0 Å². The van der Waals surface area contributed by atoms with Gasteiger partial charge in [0.1, 0.15) is 5.82 Å². The fraction of sp³-hybridized carbons (Fsp3) is 0.304. The maximum atomic E-state index is 14.0. The number of aromatic nitrogens is 1. The van der Waals surface area contributed by atoms with E-state index >= 15 is 0 Å². The molecule has 1 saturated heterocycles. The van der Waals surface area contributed by atoms with Crippen LogP contribution in [0.15, 0.2) is 48.7 Å². The van der Waals surface area contributed by atoms with Gasteiger partial charge in [0.2, 0.25) is 0 Å². The lowest BCUT2D eigenvalue weighted by atomic mass is 10.0. The number of amides is 1. The van der Waals surface area contributed by atoms with Crippen LogP contribution in [0.4, 0.5) is 23.2 Å². The van der Waals surface area contributed by atoms with E-state index < -0.39 is 17.6 Å². The zero-order chi connectivity index (χ0) is 22.0. The summed E-state index contributed by atoms with van der Waals surface area (Å²) in [5.41, 5.74) is 0.244. The summed E-state index contributed by atoms with van der Waals surface area (Å²) in [6, 6.07) is 9.23. The average molecular weight is 431 g/mol. The topological polar surface area (TPSA) is 45.2 Å². The normalized spacial score (nSPS) is 14.6. The molecule has 0 spiro atoms. The van der Waals surface area contributed by atoms with Crippen molar-refractivity contribution in [3.05, 3.63) is 71.2 Å². The molecule has 4 nitrogen and oxygen atoms in total. The Balaban J connectivity index is 1.75. The maximum absolute atomic E-state index is 14.0. The number of rotatable bonds is 4. The third-order valence-corrected chi connectivity index (χ3v) is 5.48. The zero-order valence-electron chi connectivity index (χ0n) is 16.7. The van der Waals surface area contributed by atoms with E-state index in [9.17, 15) is 22.4 Å².